The van der Waals surface area contributed by atoms with Crippen LogP contribution in [0.1, 0.15) is 33.6 Å². The lowest BCUT2D eigenvalue weighted by Gasteiger charge is -2.15. The van der Waals surface area contributed by atoms with Crippen molar-refractivity contribution in [1.29, 1.82) is 0 Å². The van der Waals surface area contributed by atoms with Gasteiger partial charge in [0.1, 0.15) is 11.4 Å². The van der Waals surface area contributed by atoms with Crippen molar-refractivity contribution in [3.63, 3.8) is 0 Å². The minimum Gasteiger partial charge on any atom is -0.497 e. The Bertz CT molecular complexity index is 997. The lowest BCUT2D eigenvalue weighted by atomic mass is 10.0. The Hall–Kier alpha value is -3.38. The van der Waals surface area contributed by atoms with Gasteiger partial charge in [0.15, 0.2) is 0 Å². The van der Waals surface area contributed by atoms with E-state index < -0.39 is 0 Å². The summed E-state index contributed by atoms with van der Waals surface area (Å²) in [6.07, 6.45) is 1.69. The van der Waals surface area contributed by atoms with Gasteiger partial charge >= 0.3 is 0 Å². The lowest BCUT2D eigenvalue weighted by molar-refractivity contribution is -0.117. The molecule has 5 nitrogen and oxygen atoms in total. The molecule has 2 amide bonds. The molecule has 154 valence electrons. The summed E-state index contributed by atoms with van der Waals surface area (Å²) in [4.78, 5) is 26.4. The van der Waals surface area contributed by atoms with Crippen LogP contribution < -0.4 is 15.4 Å². The highest BCUT2D eigenvalue weighted by Gasteiger charge is 2.16. The number of benzene rings is 2. The molecule has 0 bridgehead atoms. The highest BCUT2D eigenvalue weighted by molar-refractivity contribution is 7.10. The molecule has 1 atom stereocenters. The van der Waals surface area contributed by atoms with Gasteiger partial charge in [-0.2, -0.15) is 0 Å². The van der Waals surface area contributed by atoms with E-state index >= 15 is 0 Å². The van der Waals surface area contributed by atoms with Crippen molar-refractivity contribution in [3.05, 3.63) is 93.8 Å². The number of thiophene rings is 1. The third kappa shape index (κ3) is 5.81. The highest BCUT2D eigenvalue weighted by Crippen LogP contribution is 2.16. The second kappa shape index (κ2) is 10.4. The van der Waals surface area contributed by atoms with Crippen molar-refractivity contribution in [2.45, 2.75) is 12.8 Å². The molecule has 1 aromatic heterocycles. The minimum absolute atomic E-state index is 0.149. The maximum absolute atomic E-state index is 12.9. The number of carbonyl (C=O) groups is 2. The molecule has 0 saturated carbocycles. The number of hydrogen-bond donors (Lipinski definition) is 2. The molecule has 0 aliphatic heterocycles. The summed E-state index contributed by atoms with van der Waals surface area (Å²) < 4.78 is 5.12. The van der Waals surface area contributed by atoms with E-state index in [1.165, 1.54) is 11.3 Å². The summed E-state index contributed by atoms with van der Waals surface area (Å²) in [6, 6.07) is 20.5. The molecule has 0 spiro atoms. The molecule has 3 aromatic rings. The molecule has 1 heterocycles. The summed E-state index contributed by atoms with van der Waals surface area (Å²) in [5, 5.41) is 7.60. The van der Waals surface area contributed by atoms with Crippen LogP contribution in [0.5, 0.6) is 5.75 Å². The zero-order valence-corrected chi connectivity index (χ0v) is 17.7. The largest absolute Gasteiger partial charge is 0.497 e. The molecule has 0 fully saturated rings. The third-order valence-corrected chi connectivity index (χ3v) is 5.43. The third-order valence-electron chi connectivity index (χ3n) is 4.61. The lowest BCUT2D eigenvalue weighted by Crippen LogP contribution is -2.36. The van der Waals surface area contributed by atoms with E-state index in [0.29, 0.717) is 17.9 Å². The van der Waals surface area contributed by atoms with Crippen molar-refractivity contribution in [2.24, 2.45) is 0 Å². The molecule has 3 rings (SSSR count). The van der Waals surface area contributed by atoms with Crippen molar-refractivity contribution >= 4 is 29.2 Å². The predicted octanol–water partition coefficient (Wildman–Crippen LogP) is 4.45. The first kappa shape index (κ1) is 21.3. The summed E-state index contributed by atoms with van der Waals surface area (Å²) in [5.41, 5.74) is 1.79. The molecule has 2 N–H and O–H groups in total. The highest BCUT2D eigenvalue weighted by atomic mass is 32.1. The van der Waals surface area contributed by atoms with Crippen molar-refractivity contribution in [2.75, 3.05) is 13.7 Å². The van der Waals surface area contributed by atoms with E-state index in [1.54, 1.807) is 37.5 Å². The molecule has 0 saturated heterocycles. The first-order chi connectivity index (χ1) is 14.6. The number of carbonyl (C=O) groups excluding carboxylic acids is 2. The van der Waals surface area contributed by atoms with Gasteiger partial charge in [-0.3, -0.25) is 9.59 Å². The number of hydrogen-bond acceptors (Lipinski definition) is 4. The van der Waals surface area contributed by atoms with Gasteiger partial charge in [0.2, 0.25) is 0 Å². The minimum atomic E-state index is -0.355. The number of rotatable bonds is 8. The van der Waals surface area contributed by atoms with Crippen molar-refractivity contribution in [3.8, 4) is 5.75 Å². The molecule has 0 unspecified atom stereocenters. The molecule has 0 aliphatic carbocycles. The Balaban J connectivity index is 1.71. The maximum Gasteiger partial charge on any atom is 0.267 e. The van der Waals surface area contributed by atoms with E-state index in [0.717, 1.165) is 10.4 Å². The van der Waals surface area contributed by atoms with Crippen LogP contribution in [0.3, 0.4) is 0 Å². The number of ether oxygens (including phenoxy) is 1. The Kier molecular flexibility index (Phi) is 7.40. The van der Waals surface area contributed by atoms with Crippen molar-refractivity contribution in [1.82, 2.24) is 10.6 Å². The fourth-order valence-electron chi connectivity index (χ4n) is 2.85. The van der Waals surface area contributed by atoms with E-state index in [9.17, 15) is 9.59 Å². The average Bonchev–Trinajstić information content (AvgIpc) is 3.30. The van der Waals surface area contributed by atoms with Gasteiger partial charge in [-0.1, -0.05) is 43.3 Å². The van der Waals surface area contributed by atoms with E-state index in [4.69, 9.17) is 4.74 Å². The van der Waals surface area contributed by atoms with E-state index in [2.05, 4.69) is 10.6 Å². The van der Waals surface area contributed by atoms with Crippen LogP contribution in [-0.4, -0.2) is 25.5 Å². The monoisotopic (exact) mass is 420 g/mol. The summed E-state index contributed by atoms with van der Waals surface area (Å²) in [6.45, 7) is 2.51. The molecule has 6 heteroatoms. The second-order valence-electron chi connectivity index (χ2n) is 6.78. The van der Waals surface area contributed by atoms with Gasteiger partial charge in [-0.05, 0) is 53.3 Å². The predicted molar refractivity (Wildman–Crippen MR) is 121 cm³/mol. The van der Waals surface area contributed by atoms with Gasteiger partial charge in [0, 0.05) is 17.0 Å². The maximum atomic E-state index is 12.9. The van der Waals surface area contributed by atoms with Gasteiger partial charge in [0.05, 0.1) is 7.11 Å². The van der Waals surface area contributed by atoms with Crippen LogP contribution in [0.15, 0.2) is 77.8 Å². The molecule has 30 heavy (non-hydrogen) atoms. The normalized spacial score (nSPS) is 12.1. The number of amides is 2. The zero-order chi connectivity index (χ0) is 21.3. The first-order valence-electron chi connectivity index (χ1n) is 9.60. The molecule has 0 radical (unpaired) electrons. The summed E-state index contributed by atoms with van der Waals surface area (Å²) in [5.74, 6) is 0.128. The molecule has 0 aliphatic rings. The Morgan fingerprint density at radius 2 is 1.77 bits per heavy atom. The molecular weight excluding hydrogens is 396 g/mol. The quantitative estimate of drug-likeness (QED) is 0.529. The average molecular weight is 421 g/mol. The van der Waals surface area contributed by atoms with Gasteiger partial charge < -0.3 is 15.4 Å². The van der Waals surface area contributed by atoms with Crippen LogP contribution in [-0.2, 0) is 4.79 Å². The van der Waals surface area contributed by atoms with Gasteiger partial charge in [-0.25, -0.2) is 0 Å². The SMILES string of the molecule is COc1ccc(C(=O)N/C(=C\c2cccs2)C(=O)NC[C@@H](C)c2ccccc2)cc1. The van der Waals surface area contributed by atoms with E-state index in [-0.39, 0.29) is 23.4 Å². The fraction of sp³-hybridized carbons (Fsp3) is 0.167. The number of nitrogens with one attached hydrogen (secondary N) is 2. The zero-order valence-electron chi connectivity index (χ0n) is 16.9. The van der Waals surface area contributed by atoms with Crippen molar-refractivity contribution < 1.29 is 14.3 Å². The van der Waals surface area contributed by atoms with Gasteiger partial charge in [0.25, 0.3) is 11.8 Å². The van der Waals surface area contributed by atoms with Crippen LogP contribution in [0.25, 0.3) is 6.08 Å². The van der Waals surface area contributed by atoms with E-state index in [1.807, 2.05) is 54.8 Å². The number of methoxy groups -OCH3 is 1. The molecular formula is C24H24N2O3S. The fourth-order valence-corrected chi connectivity index (χ4v) is 3.51. The molecule has 2 aromatic carbocycles. The summed E-state index contributed by atoms with van der Waals surface area (Å²) >= 11 is 1.49. The Morgan fingerprint density at radius 3 is 2.40 bits per heavy atom. The van der Waals surface area contributed by atoms with Crippen LogP contribution >= 0.6 is 11.3 Å². The Morgan fingerprint density at radius 1 is 1.03 bits per heavy atom. The van der Waals surface area contributed by atoms with Crippen LogP contribution in [0, 0.1) is 0 Å². The Labute approximate surface area is 180 Å². The first-order valence-corrected chi connectivity index (χ1v) is 10.5. The standard InChI is InChI=1S/C24H24N2O3S/c1-17(18-7-4-3-5-8-18)16-25-24(28)22(15-21-9-6-14-30-21)26-23(27)19-10-12-20(29-2)13-11-19/h3-15,17H,16H2,1-2H3,(H,25,28)(H,26,27)/b22-15-/t17-/m1/s1. The summed E-state index contributed by atoms with van der Waals surface area (Å²) in [7, 11) is 1.57. The second-order valence-corrected chi connectivity index (χ2v) is 7.76. The van der Waals surface area contributed by atoms with Crippen LogP contribution in [0.4, 0.5) is 0 Å². The van der Waals surface area contributed by atoms with Crippen LogP contribution in [0.2, 0.25) is 0 Å². The van der Waals surface area contributed by atoms with Gasteiger partial charge in [-0.15, -0.1) is 11.3 Å². The smallest absolute Gasteiger partial charge is 0.267 e. The topological polar surface area (TPSA) is 67.4 Å².